The lowest BCUT2D eigenvalue weighted by Gasteiger charge is -2.34. The zero-order chi connectivity index (χ0) is 21.9. The van der Waals surface area contributed by atoms with Gasteiger partial charge in [0.05, 0.1) is 6.61 Å². The van der Waals surface area contributed by atoms with E-state index in [1.54, 1.807) is 4.90 Å². The van der Waals surface area contributed by atoms with E-state index in [9.17, 15) is 4.79 Å². The molecule has 1 amide bonds. The highest BCUT2D eigenvalue weighted by Gasteiger charge is 2.22. The lowest BCUT2D eigenvalue weighted by atomic mass is 9.99. The molecular weight excluding hydrogens is 406 g/mol. The van der Waals surface area contributed by atoms with E-state index in [0.29, 0.717) is 13.4 Å². The van der Waals surface area contributed by atoms with Crippen molar-refractivity contribution in [1.82, 2.24) is 14.7 Å². The average molecular weight is 438 g/mol. The highest BCUT2D eigenvalue weighted by atomic mass is 16.7. The van der Waals surface area contributed by atoms with Crippen LogP contribution in [0, 0.1) is 0 Å². The van der Waals surface area contributed by atoms with Crippen molar-refractivity contribution in [2.75, 3.05) is 59.7 Å². The molecule has 7 heteroatoms. The van der Waals surface area contributed by atoms with Gasteiger partial charge in [-0.15, -0.1) is 0 Å². The fourth-order valence-electron chi connectivity index (χ4n) is 4.60. The molecule has 2 aromatic rings. The Hall–Kier alpha value is -2.77. The average Bonchev–Trinajstić information content (AvgIpc) is 3.28. The smallest absolute Gasteiger partial charge is 0.254 e. The molecule has 0 bridgehead atoms. The van der Waals surface area contributed by atoms with E-state index in [2.05, 4.69) is 21.9 Å². The Morgan fingerprint density at radius 3 is 2.62 bits per heavy atom. The topological polar surface area (TPSA) is 54.5 Å². The van der Waals surface area contributed by atoms with Crippen LogP contribution in [0.5, 0.6) is 17.2 Å². The summed E-state index contributed by atoms with van der Waals surface area (Å²) in [6.45, 7) is 8.03. The first-order valence-corrected chi connectivity index (χ1v) is 11.5. The van der Waals surface area contributed by atoms with Gasteiger partial charge in [0.15, 0.2) is 11.5 Å². The molecule has 3 aliphatic rings. The normalized spacial score (nSPS) is 18.7. The molecule has 0 aromatic heterocycles. The molecule has 2 aromatic carbocycles. The third-order valence-corrected chi connectivity index (χ3v) is 6.57. The van der Waals surface area contributed by atoms with Crippen molar-refractivity contribution in [2.45, 2.75) is 19.4 Å². The van der Waals surface area contributed by atoms with Crippen molar-refractivity contribution < 1.29 is 19.0 Å². The van der Waals surface area contributed by atoms with Gasteiger partial charge in [0.1, 0.15) is 5.75 Å². The minimum absolute atomic E-state index is 0.0929. The summed E-state index contributed by atoms with van der Waals surface area (Å²) >= 11 is 0. The molecule has 0 aliphatic carbocycles. The largest absolute Gasteiger partial charge is 0.494 e. The third-order valence-electron chi connectivity index (χ3n) is 6.57. The van der Waals surface area contributed by atoms with Crippen LogP contribution in [0.1, 0.15) is 27.9 Å². The second-order valence-corrected chi connectivity index (χ2v) is 8.80. The third kappa shape index (κ3) is 4.69. The molecule has 0 N–H and O–H groups in total. The number of hydrogen-bond acceptors (Lipinski definition) is 6. The van der Waals surface area contributed by atoms with Crippen LogP contribution in [0.25, 0.3) is 0 Å². The van der Waals surface area contributed by atoms with Crippen molar-refractivity contribution in [3.63, 3.8) is 0 Å². The van der Waals surface area contributed by atoms with Gasteiger partial charge in [0, 0.05) is 58.4 Å². The molecule has 3 heterocycles. The highest BCUT2D eigenvalue weighted by Crippen LogP contribution is 2.33. The Balaban J connectivity index is 1.03. The molecule has 0 radical (unpaired) electrons. The molecule has 0 unspecified atom stereocenters. The van der Waals surface area contributed by atoms with E-state index < -0.39 is 0 Å². The first-order chi connectivity index (χ1) is 15.7. The minimum atomic E-state index is 0.0929. The maximum Gasteiger partial charge on any atom is 0.254 e. The number of nitrogens with zero attached hydrogens (tertiary/aromatic N) is 3. The number of piperazine rings is 1. The molecule has 170 valence electrons. The van der Waals surface area contributed by atoms with Crippen LogP contribution in [-0.4, -0.2) is 80.3 Å². The SMILES string of the molecule is CN1CCc2ccc(OCCCN3CCN(Cc4ccc5c(c4)OCO5)CC3)cc2C1=O. The standard InChI is InChI=1S/C25H31N3O4/c1-26-9-7-20-4-5-21(16-22(20)25(26)29)30-14-2-8-27-10-12-28(13-11-27)17-19-3-6-23-24(15-19)32-18-31-23/h3-6,15-16H,2,7-14,17-18H2,1H3. The van der Waals surface area contributed by atoms with Crippen LogP contribution in [0.2, 0.25) is 0 Å². The molecule has 0 saturated carbocycles. The Bertz CT molecular complexity index is 972. The fourth-order valence-corrected chi connectivity index (χ4v) is 4.60. The quantitative estimate of drug-likeness (QED) is 0.621. The number of carbonyl (C=O) groups is 1. The van der Waals surface area contributed by atoms with E-state index in [-0.39, 0.29) is 5.91 Å². The fraction of sp³-hybridized carbons (Fsp3) is 0.480. The number of ether oxygens (including phenoxy) is 3. The molecule has 5 rings (SSSR count). The van der Waals surface area contributed by atoms with E-state index >= 15 is 0 Å². The number of fused-ring (bicyclic) bond motifs is 2. The highest BCUT2D eigenvalue weighted by molar-refractivity contribution is 5.97. The van der Waals surface area contributed by atoms with Crippen LogP contribution in [0.15, 0.2) is 36.4 Å². The zero-order valence-corrected chi connectivity index (χ0v) is 18.7. The van der Waals surface area contributed by atoms with Gasteiger partial charge in [-0.2, -0.15) is 0 Å². The van der Waals surface area contributed by atoms with Crippen LogP contribution < -0.4 is 14.2 Å². The molecular formula is C25H31N3O4. The predicted octanol–water partition coefficient (Wildman–Crippen LogP) is 2.63. The lowest BCUT2D eigenvalue weighted by molar-refractivity contribution is 0.0780. The summed E-state index contributed by atoms with van der Waals surface area (Å²) in [6.07, 6.45) is 1.89. The van der Waals surface area contributed by atoms with Crippen molar-refractivity contribution in [3.05, 3.63) is 53.1 Å². The summed E-state index contributed by atoms with van der Waals surface area (Å²) in [5, 5.41) is 0. The Morgan fingerprint density at radius 2 is 1.75 bits per heavy atom. The molecule has 1 fully saturated rings. The van der Waals surface area contributed by atoms with Crippen LogP contribution in [0.3, 0.4) is 0 Å². The Kier molecular flexibility index (Phi) is 6.19. The number of rotatable bonds is 7. The van der Waals surface area contributed by atoms with Crippen LogP contribution in [-0.2, 0) is 13.0 Å². The summed E-state index contributed by atoms with van der Waals surface area (Å²) < 4.78 is 16.8. The number of carbonyl (C=O) groups excluding carboxylic acids is 1. The summed E-state index contributed by atoms with van der Waals surface area (Å²) in [7, 11) is 1.85. The maximum atomic E-state index is 12.3. The number of benzene rings is 2. The molecule has 7 nitrogen and oxygen atoms in total. The van der Waals surface area contributed by atoms with Crippen molar-refractivity contribution in [3.8, 4) is 17.2 Å². The van der Waals surface area contributed by atoms with Crippen molar-refractivity contribution in [1.29, 1.82) is 0 Å². The zero-order valence-electron chi connectivity index (χ0n) is 18.7. The Labute approximate surface area is 189 Å². The summed E-state index contributed by atoms with van der Waals surface area (Å²) in [6, 6.07) is 12.2. The molecule has 3 aliphatic heterocycles. The van der Waals surface area contributed by atoms with Crippen molar-refractivity contribution >= 4 is 5.91 Å². The second kappa shape index (κ2) is 9.38. The van der Waals surface area contributed by atoms with Crippen LogP contribution >= 0.6 is 0 Å². The van der Waals surface area contributed by atoms with Crippen LogP contribution in [0.4, 0.5) is 0 Å². The summed E-state index contributed by atoms with van der Waals surface area (Å²) in [5.74, 6) is 2.59. The first kappa shape index (κ1) is 21.1. The van der Waals surface area contributed by atoms with E-state index in [1.807, 2.05) is 31.3 Å². The molecule has 1 saturated heterocycles. The molecule has 32 heavy (non-hydrogen) atoms. The second-order valence-electron chi connectivity index (χ2n) is 8.80. The van der Waals surface area contributed by atoms with E-state index in [1.165, 1.54) is 5.56 Å². The van der Waals surface area contributed by atoms with Gasteiger partial charge in [0.25, 0.3) is 5.91 Å². The predicted molar refractivity (Wildman–Crippen MR) is 122 cm³/mol. The van der Waals surface area contributed by atoms with E-state index in [0.717, 1.165) is 87.0 Å². The maximum absolute atomic E-state index is 12.3. The van der Waals surface area contributed by atoms with Gasteiger partial charge < -0.3 is 24.0 Å². The van der Waals surface area contributed by atoms with E-state index in [4.69, 9.17) is 14.2 Å². The summed E-state index contributed by atoms with van der Waals surface area (Å²) in [5.41, 5.74) is 3.18. The van der Waals surface area contributed by atoms with Gasteiger partial charge in [-0.05, 0) is 48.2 Å². The van der Waals surface area contributed by atoms with Gasteiger partial charge in [-0.25, -0.2) is 0 Å². The lowest BCUT2D eigenvalue weighted by Crippen LogP contribution is -2.46. The number of amides is 1. The minimum Gasteiger partial charge on any atom is -0.494 e. The molecule has 0 atom stereocenters. The van der Waals surface area contributed by atoms with Gasteiger partial charge in [-0.3, -0.25) is 9.69 Å². The van der Waals surface area contributed by atoms with Gasteiger partial charge in [-0.1, -0.05) is 12.1 Å². The first-order valence-electron chi connectivity index (χ1n) is 11.5. The molecule has 0 spiro atoms. The Morgan fingerprint density at radius 1 is 0.938 bits per heavy atom. The van der Waals surface area contributed by atoms with Gasteiger partial charge >= 0.3 is 0 Å². The summed E-state index contributed by atoms with van der Waals surface area (Å²) in [4.78, 5) is 19.1. The van der Waals surface area contributed by atoms with Crippen molar-refractivity contribution in [2.24, 2.45) is 0 Å². The van der Waals surface area contributed by atoms with Gasteiger partial charge in [0.2, 0.25) is 6.79 Å². The number of hydrogen-bond donors (Lipinski definition) is 0. The number of likely N-dealkylation sites (N-methyl/N-ethyl adjacent to an activating group) is 1. The monoisotopic (exact) mass is 437 g/mol.